The second-order valence-corrected chi connectivity index (χ2v) is 6.48. The summed E-state index contributed by atoms with van der Waals surface area (Å²) in [6, 6.07) is 8.67. The zero-order chi connectivity index (χ0) is 12.9. The largest absolute Gasteiger partial charge is 0.153 e. The second kappa shape index (κ2) is 5.92. The van der Waals surface area contributed by atoms with Crippen molar-refractivity contribution in [3.8, 4) is 0 Å². The van der Waals surface area contributed by atoms with Crippen molar-refractivity contribution in [1.29, 1.82) is 0 Å². The van der Waals surface area contributed by atoms with E-state index in [4.69, 9.17) is 0 Å². The van der Waals surface area contributed by atoms with Crippen LogP contribution in [0.5, 0.6) is 0 Å². The van der Waals surface area contributed by atoms with Crippen LogP contribution in [-0.2, 0) is 11.8 Å². The number of rotatable bonds is 5. The maximum Gasteiger partial charge on any atom is 0.153 e. The highest BCUT2D eigenvalue weighted by molar-refractivity contribution is 7.80. The van der Waals surface area contributed by atoms with E-state index in [1.54, 1.807) is 6.08 Å². The molecule has 0 aliphatic rings. The van der Waals surface area contributed by atoms with Crippen molar-refractivity contribution in [2.45, 2.75) is 30.4 Å². The van der Waals surface area contributed by atoms with Gasteiger partial charge in [0.15, 0.2) is 4.90 Å². The molecule has 0 heterocycles. The fraction of sp³-hybridized carbons (Fsp3) is 0.250. The van der Waals surface area contributed by atoms with Gasteiger partial charge in [-0.25, -0.2) is 0 Å². The molecule has 0 radical (unpaired) electrons. The van der Waals surface area contributed by atoms with E-state index in [1.165, 1.54) is 22.2 Å². The molecule has 1 rings (SSSR count). The number of thiol groups is 1. The molecule has 0 atom stereocenters. The number of allylic oxidation sites excluding steroid dienone is 3. The van der Waals surface area contributed by atoms with Gasteiger partial charge in [-0.1, -0.05) is 49.1 Å². The fourth-order valence-corrected chi connectivity index (χ4v) is 2.56. The molecule has 0 saturated carbocycles. The minimum atomic E-state index is 0.0504. The quantitative estimate of drug-likeness (QED) is 0.413. The summed E-state index contributed by atoms with van der Waals surface area (Å²) >= 11 is 1.28. The maximum atomic E-state index is 4.14. The van der Waals surface area contributed by atoms with Crippen LogP contribution in [0.25, 0.3) is 0 Å². The number of aryl methyl sites for hydroxylation is 1. The summed E-state index contributed by atoms with van der Waals surface area (Å²) in [5.41, 5.74) is 2.42. The molecule has 17 heavy (non-hydrogen) atoms. The lowest BCUT2D eigenvalue weighted by molar-refractivity contribution is 0.856. The van der Waals surface area contributed by atoms with Gasteiger partial charge in [-0.15, -0.1) is 0 Å². The van der Waals surface area contributed by atoms with Gasteiger partial charge in [0.1, 0.15) is 4.75 Å². The standard InChI is InChI=1S/C16H20S/c1-6-7-8-14(3)16(4,5)17-15-11-9-13(2)10-12-15/h6-12H,1,3H2,2,4-5H3/p+1/b8-7-. The molecule has 0 aromatic heterocycles. The zero-order valence-corrected chi connectivity index (χ0v) is 11.8. The van der Waals surface area contributed by atoms with Crippen molar-refractivity contribution in [3.63, 3.8) is 0 Å². The number of benzene rings is 1. The lowest BCUT2D eigenvalue weighted by Gasteiger charge is -2.16. The lowest BCUT2D eigenvalue weighted by Crippen LogP contribution is -2.23. The third kappa shape index (κ3) is 4.27. The van der Waals surface area contributed by atoms with Crippen molar-refractivity contribution in [2.24, 2.45) is 0 Å². The minimum absolute atomic E-state index is 0.0504. The summed E-state index contributed by atoms with van der Waals surface area (Å²) in [6.45, 7) is 14.3. The first-order valence-corrected chi connectivity index (χ1v) is 6.63. The Balaban J connectivity index is 2.78. The summed E-state index contributed by atoms with van der Waals surface area (Å²) in [7, 11) is 0. The van der Waals surface area contributed by atoms with E-state index in [-0.39, 0.29) is 4.75 Å². The number of hydrogen-bond donors (Lipinski definition) is 0. The minimum Gasteiger partial charge on any atom is -0.0991 e. The van der Waals surface area contributed by atoms with Crippen molar-refractivity contribution in [1.82, 2.24) is 0 Å². The van der Waals surface area contributed by atoms with Gasteiger partial charge in [0.05, 0.1) is 0 Å². The molecule has 1 aromatic carbocycles. The van der Waals surface area contributed by atoms with E-state index in [0.29, 0.717) is 0 Å². The maximum absolute atomic E-state index is 4.14. The molecule has 0 aliphatic carbocycles. The summed E-state index contributed by atoms with van der Waals surface area (Å²) in [6.07, 6.45) is 5.76. The molecule has 0 amide bonds. The van der Waals surface area contributed by atoms with E-state index >= 15 is 0 Å². The number of hydrogen-bond acceptors (Lipinski definition) is 0. The molecular formula is C16H21S+. The van der Waals surface area contributed by atoms with Crippen molar-refractivity contribution in [3.05, 3.63) is 66.8 Å². The third-order valence-corrected chi connectivity index (χ3v) is 4.06. The summed E-state index contributed by atoms with van der Waals surface area (Å²) in [5.74, 6) is 0. The first-order chi connectivity index (χ1) is 7.95. The average Bonchev–Trinajstić information content (AvgIpc) is 2.28. The normalized spacial score (nSPS) is 11.7. The Kier molecular flexibility index (Phi) is 4.83. The van der Waals surface area contributed by atoms with Gasteiger partial charge >= 0.3 is 0 Å². The second-order valence-electron chi connectivity index (χ2n) is 4.63. The SMILES string of the molecule is C=C/C=C\C(=C)C(C)(C)[SH+]c1ccc(C)cc1. The van der Waals surface area contributed by atoms with Crippen molar-refractivity contribution >= 4 is 11.8 Å². The molecule has 90 valence electrons. The van der Waals surface area contributed by atoms with Crippen LogP contribution in [0.4, 0.5) is 0 Å². The van der Waals surface area contributed by atoms with E-state index < -0.39 is 0 Å². The summed E-state index contributed by atoms with van der Waals surface area (Å²) in [5, 5.41) is 0. The Morgan fingerprint density at radius 3 is 2.35 bits per heavy atom. The highest BCUT2D eigenvalue weighted by Gasteiger charge is 2.29. The topological polar surface area (TPSA) is 0 Å². The molecule has 0 saturated heterocycles. The fourth-order valence-electron chi connectivity index (χ4n) is 1.40. The Hall–Kier alpha value is -1.21. The predicted octanol–water partition coefficient (Wildman–Crippen LogP) is 4.25. The van der Waals surface area contributed by atoms with E-state index in [2.05, 4.69) is 58.2 Å². The highest BCUT2D eigenvalue weighted by Crippen LogP contribution is 2.25. The molecule has 0 fully saturated rings. The molecule has 1 heteroatoms. The molecule has 0 unspecified atom stereocenters. The third-order valence-electron chi connectivity index (χ3n) is 2.66. The van der Waals surface area contributed by atoms with Crippen LogP contribution in [0, 0.1) is 6.92 Å². The van der Waals surface area contributed by atoms with E-state index in [0.717, 1.165) is 5.57 Å². The van der Waals surface area contributed by atoms with Crippen LogP contribution in [0.3, 0.4) is 0 Å². The van der Waals surface area contributed by atoms with E-state index in [9.17, 15) is 0 Å². The molecule has 0 N–H and O–H groups in total. The lowest BCUT2D eigenvalue weighted by atomic mass is 10.0. The van der Waals surface area contributed by atoms with Gasteiger partial charge in [0.2, 0.25) is 0 Å². The molecular weight excluding hydrogens is 224 g/mol. The van der Waals surface area contributed by atoms with E-state index in [1.807, 2.05) is 12.2 Å². The first kappa shape index (κ1) is 13.9. The van der Waals surface area contributed by atoms with Gasteiger partial charge in [0, 0.05) is 11.8 Å². The monoisotopic (exact) mass is 245 g/mol. The summed E-state index contributed by atoms with van der Waals surface area (Å²) in [4.78, 5) is 1.33. The van der Waals surface area contributed by atoms with Gasteiger partial charge in [-0.3, -0.25) is 0 Å². The molecule has 0 aliphatic heterocycles. The van der Waals surface area contributed by atoms with Crippen LogP contribution in [-0.4, -0.2) is 4.75 Å². The van der Waals surface area contributed by atoms with Gasteiger partial charge in [0.25, 0.3) is 0 Å². The molecule has 1 aromatic rings. The van der Waals surface area contributed by atoms with Crippen molar-refractivity contribution in [2.75, 3.05) is 0 Å². The van der Waals surface area contributed by atoms with Crippen LogP contribution < -0.4 is 0 Å². The molecule has 0 nitrogen and oxygen atoms in total. The summed E-state index contributed by atoms with van der Waals surface area (Å²) < 4.78 is 0.0504. The Morgan fingerprint density at radius 1 is 1.24 bits per heavy atom. The van der Waals surface area contributed by atoms with Gasteiger partial charge in [-0.2, -0.15) is 0 Å². The first-order valence-electron chi connectivity index (χ1n) is 5.74. The Morgan fingerprint density at radius 2 is 1.82 bits per heavy atom. The Bertz CT molecular complexity index is 421. The van der Waals surface area contributed by atoms with Crippen LogP contribution >= 0.6 is 0 Å². The van der Waals surface area contributed by atoms with Crippen molar-refractivity contribution < 1.29 is 0 Å². The molecule has 0 spiro atoms. The van der Waals surface area contributed by atoms with Crippen LogP contribution in [0.15, 0.2) is 66.1 Å². The van der Waals surface area contributed by atoms with Gasteiger partial charge < -0.3 is 0 Å². The smallest absolute Gasteiger partial charge is 0.0991 e. The Labute approximate surface area is 109 Å². The van der Waals surface area contributed by atoms with Crippen LogP contribution in [0.1, 0.15) is 19.4 Å². The van der Waals surface area contributed by atoms with Crippen LogP contribution in [0.2, 0.25) is 0 Å². The van der Waals surface area contributed by atoms with Gasteiger partial charge in [-0.05, 0) is 38.5 Å². The highest BCUT2D eigenvalue weighted by atomic mass is 32.2. The predicted molar refractivity (Wildman–Crippen MR) is 80.8 cm³/mol. The molecule has 0 bridgehead atoms. The zero-order valence-electron chi connectivity index (χ0n) is 10.9. The average molecular weight is 245 g/mol.